The van der Waals surface area contributed by atoms with Crippen molar-refractivity contribution >= 4 is 0 Å². The number of ether oxygens (including phenoxy) is 1. The van der Waals surface area contributed by atoms with Gasteiger partial charge in [-0.1, -0.05) is 23.8 Å². The summed E-state index contributed by atoms with van der Waals surface area (Å²) >= 11 is 0. The van der Waals surface area contributed by atoms with Crippen LogP contribution >= 0.6 is 0 Å². The Morgan fingerprint density at radius 3 is 3.06 bits per heavy atom. The highest BCUT2D eigenvalue weighted by Gasteiger charge is 2.13. The summed E-state index contributed by atoms with van der Waals surface area (Å²) in [6.07, 6.45) is 8.27. The summed E-state index contributed by atoms with van der Waals surface area (Å²) < 4.78 is 5.52. The zero-order valence-electron chi connectivity index (χ0n) is 10.7. The van der Waals surface area contributed by atoms with Gasteiger partial charge in [0.15, 0.2) is 0 Å². The minimum Gasteiger partial charge on any atom is -0.493 e. The van der Waals surface area contributed by atoms with E-state index in [0.717, 1.165) is 50.9 Å². The Hall–Kier alpha value is -1.28. The SMILES string of the molecule is OC1C=C(CCc2ccc3c(c2)CCO3)CCC1. The monoisotopic (exact) mass is 244 g/mol. The van der Waals surface area contributed by atoms with E-state index in [0.29, 0.717) is 0 Å². The molecule has 1 heterocycles. The van der Waals surface area contributed by atoms with E-state index in [-0.39, 0.29) is 6.10 Å². The van der Waals surface area contributed by atoms with Crippen molar-refractivity contribution in [2.24, 2.45) is 0 Å². The normalized spacial score (nSPS) is 22.3. The summed E-state index contributed by atoms with van der Waals surface area (Å²) in [5.74, 6) is 1.06. The quantitative estimate of drug-likeness (QED) is 0.828. The third-order valence-electron chi connectivity index (χ3n) is 3.91. The van der Waals surface area contributed by atoms with Crippen molar-refractivity contribution in [1.29, 1.82) is 0 Å². The van der Waals surface area contributed by atoms with Crippen LogP contribution in [-0.2, 0) is 12.8 Å². The number of aliphatic hydroxyl groups is 1. The smallest absolute Gasteiger partial charge is 0.122 e. The highest BCUT2D eigenvalue weighted by Crippen LogP contribution is 2.27. The predicted molar refractivity (Wildman–Crippen MR) is 71.9 cm³/mol. The Morgan fingerprint density at radius 2 is 2.17 bits per heavy atom. The lowest BCUT2D eigenvalue weighted by atomic mass is 9.92. The van der Waals surface area contributed by atoms with E-state index in [1.54, 1.807) is 0 Å². The Kier molecular flexibility index (Phi) is 3.37. The van der Waals surface area contributed by atoms with Gasteiger partial charge in [-0.25, -0.2) is 0 Å². The first-order chi connectivity index (χ1) is 8.81. The molecule has 0 aromatic heterocycles. The highest BCUT2D eigenvalue weighted by molar-refractivity contribution is 5.40. The summed E-state index contributed by atoms with van der Waals surface area (Å²) in [6.45, 7) is 0.829. The van der Waals surface area contributed by atoms with E-state index >= 15 is 0 Å². The fourth-order valence-electron chi connectivity index (χ4n) is 2.89. The first kappa shape index (κ1) is 11.8. The average molecular weight is 244 g/mol. The highest BCUT2D eigenvalue weighted by atomic mass is 16.5. The van der Waals surface area contributed by atoms with E-state index in [1.165, 1.54) is 16.7 Å². The molecule has 0 saturated carbocycles. The molecule has 3 rings (SSSR count). The Morgan fingerprint density at radius 1 is 1.22 bits per heavy atom. The van der Waals surface area contributed by atoms with Crippen molar-refractivity contribution in [2.45, 2.75) is 44.6 Å². The molecule has 1 unspecified atom stereocenters. The molecular formula is C16H20O2. The molecule has 18 heavy (non-hydrogen) atoms. The minimum atomic E-state index is -0.206. The standard InChI is InChI=1S/C16H20O2/c17-15-3-1-2-12(11-15)4-5-13-6-7-16-14(10-13)8-9-18-16/h6-7,10-11,15,17H,1-5,8-9H2. The molecule has 1 N–H and O–H groups in total. The Balaban J connectivity index is 1.63. The Bertz CT molecular complexity index is 462. The molecule has 1 aromatic carbocycles. The minimum absolute atomic E-state index is 0.206. The van der Waals surface area contributed by atoms with Gasteiger partial charge in [-0.15, -0.1) is 0 Å². The number of allylic oxidation sites excluding steroid dienone is 1. The van der Waals surface area contributed by atoms with Crippen LogP contribution in [0.15, 0.2) is 29.8 Å². The zero-order valence-corrected chi connectivity index (χ0v) is 10.7. The number of benzene rings is 1. The topological polar surface area (TPSA) is 29.5 Å². The van der Waals surface area contributed by atoms with Crippen molar-refractivity contribution in [1.82, 2.24) is 0 Å². The second-order valence-electron chi connectivity index (χ2n) is 5.33. The molecule has 96 valence electrons. The third-order valence-corrected chi connectivity index (χ3v) is 3.91. The largest absolute Gasteiger partial charge is 0.493 e. The van der Waals surface area contributed by atoms with E-state index < -0.39 is 0 Å². The number of rotatable bonds is 3. The summed E-state index contributed by atoms with van der Waals surface area (Å²) in [6, 6.07) is 6.55. The molecule has 0 spiro atoms. The van der Waals surface area contributed by atoms with Crippen molar-refractivity contribution in [3.8, 4) is 5.75 Å². The summed E-state index contributed by atoms with van der Waals surface area (Å²) in [5, 5.41) is 9.61. The van der Waals surface area contributed by atoms with Gasteiger partial charge >= 0.3 is 0 Å². The van der Waals surface area contributed by atoms with E-state index in [1.807, 2.05) is 0 Å². The first-order valence-electron chi connectivity index (χ1n) is 6.93. The van der Waals surface area contributed by atoms with Gasteiger partial charge in [-0.3, -0.25) is 0 Å². The zero-order chi connectivity index (χ0) is 12.4. The number of aliphatic hydroxyl groups excluding tert-OH is 1. The van der Waals surface area contributed by atoms with E-state index in [9.17, 15) is 5.11 Å². The van der Waals surface area contributed by atoms with Gasteiger partial charge in [0.05, 0.1) is 12.7 Å². The van der Waals surface area contributed by atoms with Crippen LogP contribution in [0.3, 0.4) is 0 Å². The van der Waals surface area contributed by atoms with Crippen molar-refractivity contribution < 1.29 is 9.84 Å². The lowest BCUT2D eigenvalue weighted by Crippen LogP contribution is -2.09. The fraction of sp³-hybridized carbons (Fsp3) is 0.500. The van der Waals surface area contributed by atoms with Crippen LogP contribution in [0.5, 0.6) is 5.75 Å². The summed E-state index contributed by atoms with van der Waals surface area (Å²) in [4.78, 5) is 0. The van der Waals surface area contributed by atoms with Gasteiger partial charge in [-0.2, -0.15) is 0 Å². The lowest BCUT2D eigenvalue weighted by molar-refractivity contribution is 0.201. The molecule has 0 fully saturated rings. The maximum atomic E-state index is 9.61. The molecular weight excluding hydrogens is 224 g/mol. The van der Waals surface area contributed by atoms with Crippen LogP contribution in [0.4, 0.5) is 0 Å². The summed E-state index contributed by atoms with van der Waals surface area (Å²) in [7, 11) is 0. The summed E-state index contributed by atoms with van der Waals surface area (Å²) in [5.41, 5.74) is 4.16. The van der Waals surface area contributed by atoms with Crippen molar-refractivity contribution in [3.05, 3.63) is 41.0 Å². The molecule has 2 aliphatic rings. The molecule has 0 radical (unpaired) electrons. The van der Waals surface area contributed by atoms with Gasteiger partial charge in [0, 0.05) is 6.42 Å². The second-order valence-corrected chi connectivity index (χ2v) is 5.33. The van der Waals surface area contributed by atoms with E-state index in [2.05, 4.69) is 24.3 Å². The van der Waals surface area contributed by atoms with Crippen molar-refractivity contribution in [3.63, 3.8) is 0 Å². The van der Waals surface area contributed by atoms with Crippen LogP contribution in [0.2, 0.25) is 0 Å². The molecule has 1 aliphatic heterocycles. The van der Waals surface area contributed by atoms with Gasteiger partial charge in [0.25, 0.3) is 0 Å². The number of hydrogen-bond donors (Lipinski definition) is 1. The number of hydrogen-bond acceptors (Lipinski definition) is 2. The maximum absolute atomic E-state index is 9.61. The molecule has 0 saturated heterocycles. The van der Waals surface area contributed by atoms with E-state index in [4.69, 9.17) is 4.74 Å². The molecule has 1 aromatic rings. The fourth-order valence-corrected chi connectivity index (χ4v) is 2.89. The second kappa shape index (κ2) is 5.15. The van der Waals surface area contributed by atoms with Crippen LogP contribution in [0.25, 0.3) is 0 Å². The van der Waals surface area contributed by atoms with Crippen LogP contribution < -0.4 is 4.74 Å². The Labute approximate surface area is 108 Å². The molecule has 0 amide bonds. The number of aryl methyl sites for hydroxylation is 1. The van der Waals surface area contributed by atoms with Crippen LogP contribution in [0.1, 0.15) is 36.8 Å². The lowest BCUT2D eigenvalue weighted by Gasteiger charge is -2.17. The van der Waals surface area contributed by atoms with Crippen LogP contribution in [0, 0.1) is 0 Å². The molecule has 1 atom stereocenters. The van der Waals surface area contributed by atoms with Gasteiger partial charge < -0.3 is 9.84 Å². The van der Waals surface area contributed by atoms with Crippen molar-refractivity contribution in [2.75, 3.05) is 6.61 Å². The first-order valence-corrected chi connectivity index (χ1v) is 6.93. The van der Waals surface area contributed by atoms with Gasteiger partial charge in [0.2, 0.25) is 0 Å². The van der Waals surface area contributed by atoms with Crippen LogP contribution in [-0.4, -0.2) is 17.8 Å². The maximum Gasteiger partial charge on any atom is 0.122 e. The molecule has 0 bridgehead atoms. The van der Waals surface area contributed by atoms with Gasteiger partial charge in [0.1, 0.15) is 5.75 Å². The average Bonchev–Trinajstić information content (AvgIpc) is 2.84. The molecule has 2 nitrogen and oxygen atoms in total. The number of fused-ring (bicyclic) bond motifs is 1. The van der Waals surface area contributed by atoms with Gasteiger partial charge in [-0.05, 0) is 49.3 Å². The predicted octanol–water partition coefficient (Wildman–Crippen LogP) is 3.03. The third kappa shape index (κ3) is 2.59. The molecule has 1 aliphatic carbocycles. The molecule has 2 heteroatoms.